The number of aliphatic imine (C=N–C) groups is 1. The Hall–Kier alpha value is -1.35. The Labute approximate surface area is 181 Å². The van der Waals surface area contributed by atoms with Crippen molar-refractivity contribution < 1.29 is 9.53 Å². The molecule has 0 aromatic heterocycles. The summed E-state index contributed by atoms with van der Waals surface area (Å²) < 4.78 is 5.53. The molecule has 0 spiro atoms. The fourth-order valence-electron chi connectivity index (χ4n) is 2.29. The second-order valence-corrected chi connectivity index (χ2v) is 6.13. The zero-order valence-corrected chi connectivity index (χ0v) is 19.2. The quantitative estimate of drug-likeness (QED) is 0.182. The molecule has 1 aromatic rings. The lowest BCUT2D eigenvalue weighted by molar-refractivity contribution is 0.0954. The van der Waals surface area contributed by atoms with Gasteiger partial charge in [-0.2, -0.15) is 0 Å². The van der Waals surface area contributed by atoms with E-state index in [0.717, 1.165) is 57.1 Å². The molecule has 1 aromatic carbocycles. The number of ether oxygens (including phenoxy) is 1. The molecule has 0 aliphatic carbocycles. The molecule has 0 heterocycles. The SMILES string of the molecule is CCCCOCCCN=C(NCC)NCCNC(=O)c1cccc(C)c1.I. The first-order chi connectivity index (χ1) is 12.7. The number of nitrogens with zero attached hydrogens (tertiary/aromatic N) is 1. The molecule has 154 valence electrons. The van der Waals surface area contributed by atoms with Gasteiger partial charge in [-0.3, -0.25) is 9.79 Å². The first kappa shape index (κ1) is 25.6. The van der Waals surface area contributed by atoms with Crippen LogP contribution in [0.3, 0.4) is 0 Å². The van der Waals surface area contributed by atoms with E-state index in [1.807, 2.05) is 38.1 Å². The van der Waals surface area contributed by atoms with Gasteiger partial charge in [-0.15, -0.1) is 24.0 Å². The summed E-state index contributed by atoms with van der Waals surface area (Å²) in [6, 6.07) is 7.58. The molecule has 0 fully saturated rings. The Morgan fingerprint density at radius 2 is 1.81 bits per heavy atom. The average Bonchev–Trinajstić information content (AvgIpc) is 2.64. The number of hydrogen-bond donors (Lipinski definition) is 3. The van der Waals surface area contributed by atoms with E-state index < -0.39 is 0 Å². The summed E-state index contributed by atoms with van der Waals surface area (Å²) in [5, 5.41) is 9.36. The number of nitrogens with one attached hydrogen (secondary N) is 3. The van der Waals surface area contributed by atoms with Crippen LogP contribution in [0.25, 0.3) is 0 Å². The Morgan fingerprint density at radius 1 is 1.07 bits per heavy atom. The van der Waals surface area contributed by atoms with Gasteiger partial charge in [-0.05, 0) is 38.8 Å². The number of benzene rings is 1. The lowest BCUT2D eigenvalue weighted by atomic mass is 10.1. The maximum atomic E-state index is 12.1. The maximum Gasteiger partial charge on any atom is 0.251 e. The molecule has 6 nitrogen and oxygen atoms in total. The van der Waals surface area contributed by atoms with Crippen molar-refractivity contribution in [3.8, 4) is 0 Å². The summed E-state index contributed by atoms with van der Waals surface area (Å²) in [5.74, 6) is 0.715. The lowest BCUT2D eigenvalue weighted by Crippen LogP contribution is -2.41. The Balaban J connectivity index is 0.00000676. The summed E-state index contributed by atoms with van der Waals surface area (Å²) in [6.07, 6.45) is 3.18. The van der Waals surface area contributed by atoms with E-state index in [1.54, 1.807) is 0 Å². The first-order valence-electron chi connectivity index (χ1n) is 9.62. The van der Waals surface area contributed by atoms with Crippen molar-refractivity contribution in [2.45, 2.75) is 40.0 Å². The molecule has 0 saturated heterocycles. The molecule has 7 heteroatoms. The van der Waals surface area contributed by atoms with Gasteiger partial charge in [0.1, 0.15) is 0 Å². The van der Waals surface area contributed by atoms with E-state index in [0.29, 0.717) is 18.7 Å². The molecule has 0 unspecified atom stereocenters. The highest BCUT2D eigenvalue weighted by Gasteiger charge is 2.04. The maximum absolute atomic E-state index is 12.1. The van der Waals surface area contributed by atoms with Crippen LogP contribution in [-0.4, -0.2) is 51.3 Å². The van der Waals surface area contributed by atoms with Gasteiger partial charge in [-0.1, -0.05) is 31.0 Å². The van der Waals surface area contributed by atoms with Gasteiger partial charge in [0.15, 0.2) is 5.96 Å². The van der Waals surface area contributed by atoms with E-state index >= 15 is 0 Å². The van der Waals surface area contributed by atoms with Crippen molar-refractivity contribution in [3.63, 3.8) is 0 Å². The zero-order valence-electron chi connectivity index (χ0n) is 16.8. The predicted octanol–water partition coefficient (Wildman–Crippen LogP) is 3.10. The summed E-state index contributed by atoms with van der Waals surface area (Å²) in [7, 11) is 0. The second-order valence-electron chi connectivity index (χ2n) is 6.13. The van der Waals surface area contributed by atoms with Crippen LogP contribution in [0.2, 0.25) is 0 Å². The summed E-state index contributed by atoms with van der Waals surface area (Å²) in [5.41, 5.74) is 1.77. The summed E-state index contributed by atoms with van der Waals surface area (Å²) in [6.45, 7) is 10.4. The van der Waals surface area contributed by atoms with Crippen molar-refractivity contribution >= 4 is 35.8 Å². The highest BCUT2D eigenvalue weighted by atomic mass is 127. The normalized spacial score (nSPS) is 10.9. The number of halogens is 1. The van der Waals surface area contributed by atoms with Crippen LogP contribution < -0.4 is 16.0 Å². The van der Waals surface area contributed by atoms with Gasteiger partial charge >= 0.3 is 0 Å². The van der Waals surface area contributed by atoms with E-state index in [4.69, 9.17) is 4.74 Å². The van der Waals surface area contributed by atoms with E-state index in [-0.39, 0.29) is 29.9 Å². The molecule has 0 saturated carbocycles. The Bertz CT molecular complexity index is 553. The third-order valence-corrected chi connectivity index (χ3v) is 3.69. The molecular formula is C20H35IN4O2. The molecule has 0 atom stereocenters. The van der Waals surface area contributed by atoms with Crippen LogP contribution in [0.15, 0.2) is 29.3 Å². The number of hydrogen-bond acceptors (Lipinski definition) is 3. The van der Waals surface area contributed by atoms with E-state index in [9.17, 15) is 4.79 Å². The number of amides is 1. The number of carbonyl (C=O) groups is 1. The van der Waals surface area contributed by atoms with Crippen LogP contribution in [0.5, 0.6) is 0 Å². The van der Waals surface area contributed by atoms with Crippen molar-refractivity contribution in [1.82, 2.24) is 16.0 Å². The number of aryl methyl sites for hydroxylation is 1. The zero-order chi connectivity index (χ0) is 19.0. The van der Waals surface area contributed by atoms with Gasteiger partial charge in [-0.25, -0.2) is 0 Å². The molecule has 3 N–H and O–H groups in total. The monoisotopic (exact) mass is 490 g/mol. The van der Waals surface area contributed by atoms with Crippen LogP contribution in [-0.2, 0) is 4.74 Å². The van der Waals surface area contributed by atoms with Crippen LogP contribution in [0.4, 0.5) is 0 Å². The second kappa shape index (κ2) is 16.8. The average molecular weight is 490 g/mol. The van der Waals surface area contributed by atoms with Gasteiger partial charge < -0.3 is 20.7 Å². The number of unbranched alkanes of at least 4 members (excludes halogenated alkanes) is 1. The van der Waals surface area contributed by atoms with E-state index in [1.165, 1.54) is 0 Å². The molecule has 0 radical (unpaired) electrons. The molecule has 1 amide bonds. The number of carbonyl (C=O) groups excluding carboxylic acids is 1. The van der Waals surface area contributed by atoms with Gasteiger partial charge in [0.05, 0.1) is 0 Å². The summed E-state index contributed by atoms with van der Waals surface area (Å²) in [4.78, 5) is 16.6. The fourth-order valence-corrected chi connectivity index (χ4v) is 2.29. The third kappa shape index (κ3) is 12.6. The third-order valence-electron chi connectivity index (χ3n) is 3.69. The highest BCUT2D eigenvalue weighted by Crippen LogP contribution is 2.03. The molecule has 1 rings (SSSR count). The number of rotatable bonds is 12. The molecule has 0 aliphatic heterocycles. The van der Waals surface area contributed by atoms with Crippen LogP contribution in [0, 0.1) is 6.92 Å². The van der Waals surface area contributed by atoms with Gasteiger partial charge in [0, 0.05) is 45.0 Å². The van der Waals surface area contributed by atoms with Crippen molar-refractivity contribution in [2.75, 3.05) is 39.4 Å². The van der Waals surface area contributed by atoms with Gasteiger partial charge in [0.25, 0.3) is 5.91 Å². The van der Waals surface area contributed by atoms with Crippen molar-refractivity contribution in [2.24, 2.45) is 4.99 Å². The van der Waals surface area contributed by atoms with Crippen LogP contribution in [0.1, 0.15) is 49.0 Å². The topological polar surface area (TPSA) is 74.8 Å². The molecular weight excluding hydrogens is 455 g/mol. The summed E-state index contributed by atoms with van der Waals surface area (Å²) >= 11 is 0. The van der Waals surface area contributed by atoms with Crippen molar-refractivity contribution in [1.29, 1.82) is 0 Å². The van der Waals surface area contributed by atoms with Gasteiger partial charge in [0.2, 0.25) is 0 Å². The smallest absolute Gasteiger partial charge is 0.251 e. The minimum Gasteiger partial charge on any atom is -0.381 e. The minimum atomic E-state index is -0.0540. The molecule has 27 heavy (non-hydrogen) atoms. The number of guanidine groups is 1. The lowest BCUT2D eigenvalue weighted by Gasteiger charge is -2.12. The standard InChI is InChI=1S/C20H34N4O2.HI/c1-4-6-14-26-15-8-11-23-20(21-5-2)24-13-12-22-19(25)18-10-7-9-17(3)16-18;/h7,9-10,16H,4-6,8,11-15H2,1-3H3,(H,22,25)(H2,21,23,24);1H. The first-order valence-corrected chi connectivity index (χ1v) is 9.62. The highest BCUT2D eigenvalue weighted by molar-refractivity contribution is 14.0. The largest absolute Gasteiger partial charge is 0.381 e. The molecule has 0 aliphatic rings. The van der Waals surface area contributed by atoms with Crippen molar-refractivity contribution in [3.05, 3.63) is 35.4 Å². The Kier molecular flexibility index (Phi) is 16.0. The van der Waals surface area contributed by atoms with Crippen LogP contribution >= 0.6 is 24.0 Å². The Morgan fingerprint density at radius 3 is 2.52 bits per heavy atom. The molecule has 0 bridgehead atoms. The minimum absolute atomic E-state index is 0. The van der Waals surface area contributed by atoms with E-state index in [2.05, 4.69) is 27.9 Å². The fraction of sp³-hybridized carbons (Fsp3) is 0.600. The predicted molar refractivity (Wildman–Crippen MR) is 123 cm³/mol.